The summed E-state index contributed by atoms with van der Waals surface area (Å²) in [6.45, 7) is 3.89. The highest BCUT2D eigenvalue weighted by molar-refractivity contribution is 5.80. The van der Waals surface area contributed by atoms with Crippen LogP contribution < -0.4 is 5.32 Å². The number of hydrogen-bond acceptors (Lipinski definition) is 5. The summed E-state index contributed by atoms with van der Waals surface area (Å²) < 4.78 is 0. The highest BCUT2D eigenvalue weighted by atomic mass is 16.3. The lowest BCUT2D eigenvalue weighted by atomic mass is 10.00. The predicted molar refractivity (Wildman–Crippen MR) is 177 cm³/mol. The molecule has 0 rings (SSSR count). The number of carbonyl (C=O) groups is 1. The Labute approximate surface area is 258 Å². The fourth-order valence-electron chi connectivity index (χ4n) is 5.03. The van der Waals surface area contributed by atoms with E-state index < -0.39 is 36.9 Å². The van der Waals surface area contributed by atoms with Crippen LogP contribution in [0.25, 0.3) is 0 Å². The average molecular weight is 594 g/mol. The summed E-state index contributed by atoms with van der Waals surface area (Å²) in [7, 11) is 0. The van der Waals surface area contributed by atoms with Crippen LogP contribution in [-0.2, 0) is 4.79 Å². The number of amides is 1. The molecule has 0 aromatic rings. The van der Waals surface area contributed by atoms with Gasteiger partial charge in [-0.2, -0.15) is 0 Å². The van der Waals surface area contributed by atoms with E-state index in [9.17, 15) is 25.2 Å². The summed E-state index contributed by atoms with van der Waals surface area (Å²) in [6.07, 6.45) is 33.1. The minimum absolute atomic E-state index is 0.360. The van der Waals surface area contributed by atoms with Crippen LogP contribution in [0.5, 0.6) is 0 Å². The SMILES string of the molecule is CC/C=C/CC/C=C/CC/C=C/CCCC(O)C(O)C(CO)NC(=O)C(O)CCCCCCCCCCCCCCC. The van der Waals surface area contributed by atoms with Gasteiger partial charge in [0.25, 0.3) is 0 Å². The quantitative estimate of drug-likeness (QED) is 0.0431. The third kappa shape index (κ3) is 25.1. The molecule has 0 fully saturated rings. The maximum atomic E-state index is 12.4. The largest absolute Gasteiger partial charge is 0.394 e. The normalized spacial score (nSPS) is 15.1. The molecule has 0 heterocycles. The molecule has 0 aliphatic rings. The van der Waals surface area contributed by atoms with E-state index in [1.165, 1.54) is 64.2 Å². The fourth-order valence-corrected chi connectivity index (χ4v) is 5.03. The van der Waals surface area contributed by atoms with Crippen LogP contribution in [0.1, 0.15) is 155 Å². The van der Waals surface area contributed by atoms with Crippen molar-refractivity contribution in [1.82, 2.24) is 5.32 Å². The van der Waals surface area contributed by atoms with Crippen molar-refractivity contribution in [2.45, 2.75) is 179 Å². The first-order valence-electron chi connectivity index (χ1n) is 17.4. The Kier molecular flexibility index (Phi) is 29.9. The van der Waals surface area contributed by atoms with E-state index in [1.807, 2.05) is 0 Å². The summed E-state index contributed by atoms with van der Waals surface area (Å²) in [4.78, 5) is 12.4. The Morgan fingerprint density at radius 1 is 0.595 bits per heavy atom. The van der Waals surface area contributed by atoms with Crippen LogP contribution in [0.2, 0.25) is 0 Å². The molecule has 42 heavy (non-hydrogen) atoms. The third-order valence-electron chi connectivity index (χ3n) is 7.82. The van der Waals surface area contributed by atoms with Gasteiger partial charge in [0.05, 0.1) is 18.8 Å². The molecule has 0 spiro atoms. The monoisotopic (exact) mass is 594 g/mol. The van der Waals surface area contributed by atoms with Gasteiger partial charge in [0.15, 0.2) is 0 Å². The number of aliphatic hydroxyl groups excluding tert-OH is 4. The van der Waals surface area contributed by atoms with E-state index in [1.54, 1.807) is 0 Å². The summed E-state index contributed by atoms with van der Waals surface area (Å²) in [5, 5.41) is 43.3. The first kappa shape index (κ1) is 40.5. The first-order valence-corrected chi connectivity index (χ1v) is 17.4. The van der Waals surface area contributed by atoms with E-state index in [2.05, 4.69) is 55.6 Å². The molecule has 6 nitrogen and oxygen atoms in total. The van der Waals surface area contributed by atoms with Gasteiger partial charge in [-0.05, 0) is 57.8 Å². The zero-order valence-corrected chi connectivity index (χ0v) is 27.2. The number of nitrogens with one attached hydrogen (secondary N) is 1. The van der Waals surface area contributed by atoms with Crippen molar-refractivity contribution in [3.63, 3.8) is 0 Å². The van der Waals surface area contributed by atoms with Crippen molar-refractivity contribution in [3.05, 3.63) is 36.5 Å². The van der Waals surface area contributed by atoms with E-state index in [-0.39, 0.29) is 0 Å². The molecule has 4 atom stereocenters. The van der Waals surface area contributed by atoms with Crippen molar-refractivity contribution < 1.29 is 25.2 Å². The van der Waals surface area contributed by atoms with Gasteiger partial charge in [0.2, 0.25) is 5.91 Å². The van der Waals surface area contributed by atoms with Crippen LogP contribution in [0.4, 0.5) is 0 Å². The number of hydrogen-bond donors (Lipinski definition) is 5. The standard InChI is InChI=1S/C36H67NO5/c1-3-5-7-9-11-13-15-17-19-21-23-25-27-29-33(39)35(41)32(31-38)37-36(42)34(40)30-28-26-24-22-20-18-16-14-12-10-8-6-4-2/h5,7,13,15,21,23,32-35,38-41H,3-4,6,8-12,14,16-20,22,24-31H2,1-2H3,(H,37,42)/b7-5+,15-13+,23-21+. The maximum Gasteiger partial charge on any atom is 0.249 e. The van der Waals surface area contributed by atoms with Gasteiger partial charge in [-0.3, -0.25) is 4.79 Å². The Morgan fingerprint density at radius 2 is 1.05 bits per heavy atom. The Balaban J connectivity index is 3.93. The zero-order chi connectivity index (χ0) is 31.1. The number of carbonyl (C=O) groups excluding carboxylic acids is 1. The van der Waals surface area contributed by atoms with Gasteiger partial charge in [-0.1, -0.05) is 134 Å². The summed E-state index contributed by atoms with van der Waals surface area (Å²) in [6, 6.07) is -1.01. The van der Waals surface area contributed by atoms with E-state index in [0.29, 0.717) is 19.3 Å². The molecule has 0 aromatic heterocycles. The molecule has 5 N–H and O–H groups in total. The molecule has 0 aliphatic heterocycles. The summed E-state index contributed by atoms with van der Waals surface area (Å²) in [5.74, 6) is -0.603. The van der Waals surface area contributed by atoms with Crippen molar-refractivity contribution >= 4 is 5.91 Å². The lowest BCUT2D eigenvalue weighted by Crippen LogP contribution is -2.53. The molecule has 6 heteroatoms. The maximum absolute atomic E-state index is 12.4. The predicted octanol–water partition coefficient (Wildman–Crippen LogP) is 7.84. The van der Waals surface area contributed by atoms with Crippen LogP contribution >= 0.6 is 0 Å². The van der Waals surface area contributed by atoms with Crippen LogP contribution in [0.3, 0.4) is 0 Å². The van der Waals surface area contributed by atoms with Crippen molar-refractivity contribution in [2.24, 2.45) is 0 Å². The molecular formula is C36H67NO5. The fraction of sp³-hybridized carbons (Fsp3) is 0.806. The lowest BCUT2D eigenvalue weighted by Gasteiger charge is -2.27. The number of rotatable bonds is 30. The van der Waals surface area contributed by atoms with E-state index in [4.69, 9.17) is 0 Å². The van der Waals surface area contributed by atoms with Gasteiger partial charge in [0, 0.05) is 0 Å². The first-order chi connectivity index (χ1) is 20.5. The smallest absolute Gasteiger partial charge is 0.249 e. The van der Waals surface area contributed by atoms with Crippen molar-refractivity contribution in [2.75, 3.05) is 6.61 Å². The van der Waals surface area contributed by atoms with E-state index >= 15 is 0 Å². The molecule has 0 aromatic carbocycles. The highest BCUT2D eigenvalue weighted by Gasteiger charge is 2.28. The molecule has 1 amide bonds. The summed E-state index contributed by atoms with van der Waals surface area (Å²) in [5.41, 5.74) is 0. The second-order valence-electron chi connectivity index (χ2n) is 11.8. The molecule has 0 aliphatic carbocycles. The number of allylic oxidation sites excluding steroid dienone is 6. The van der Waals surface area contributed by atoms with Crippen molar-refractivity contribution in [1.29, 1.82) is 0 Å². The van der Waals surface area contributed by atoms with Gasteiger partial charge >= 0.3 is 0 Å². The number of unbranched alkanes of at least 4 members (excludes halogenated alkanes) is 15. The summed E-state index contributed by atoms with van der Waals surface area (Å²) >= 11 is 0. The van der Waals surface area contributed by atoms with Gasteiger partial charge in [-0.25, -0.2) is 0 Å². The number of aliphatic hydroxyl groups is 4. The molecule has 0 saturated carbocycles. The second kappa shape index (κ2) is 31.0. The third-order valence-corrected chi connectivity index (χ3v) is 7.82. The minimum atomic E-state index is -1.29. The van der Waals surface area contributed by atoms with Gasteiger partial charge < -0.3 is 25.7 Å². The van der Waals surface area contributed by atoms with Crippen molar-refractivity contribution in [3.8, 4) is 0 Å². The Morgan fingerprint density at radius 3 is 1.52 bits per heavy atom. The van der Waals surface area contributed by atoms with Crippen LogP contribution in [0, 0.1) is 0 Å². The van der Waals surface area contributed by atoms with Gasteiger partial charge in [-0.15, -0.1) is 0 Å². The van der Waals surface area contributed by atoms with Crippen LogP contribution in [0.15, 0.2) is 36.5 Å². The molecule has 0 radical (unpaired) electrons. The van der Waals surface area contributed by atoms with Crippen LogP contribution in [-0.4, -0.2) is 57.3 Å². The second-order valence-corrected chi connectivity index (χ2v) is 11.8. The zero-order valence-electron chi connectivity index (χ0n) is 27.2. The van der Waals surface area contributed by atoms with Gasteiger partial charge in [0.1, 0.15) is 12.2 Å². The molecular weight excluding hydrogens is 526 g/mol. The topological polar surface area (TPSA) is 110 Å². The Hall–Kier alpha value is -1.47. The lowest BCUT2D eigenvalue weighted by molar-refractivity contribution is -0.132. The molecule has 246 valence electrons. The Bertz CT molecular complexity index is 678. The highest BCUT2D eigenvalue weighted by Crippen LogP contribution is 2.14. The van der Waals surface area contributed by atoms with E-state index in [0.717, 1.165) is 57.8 Å². The molecule has 0 saturated heterocycles. The molecule has 0 bridgehead atoms. The average Bonchev–Trinajstić information content (AvgIpc) is 2.99. The molecule has 4 unspecified atom stereocenters. The minimum Gasteiger partial charge on any atom is -0.394 e.